The zero-order valence-corrected chi connectivity index (χ0v) is 14.4. The number of nitrogens with one attached hydrogen (secondary N) is 1. The molecule has 1 atom stereocenters. The molecule has 0 aromatic heterocycles. The first kappa shape index (κ1) is 17.3. The lowest BCUT2D eigenvalue weighted by Crippen LogP contribution is -2.41. The van der Waals surface area contributed by atoms with E-state index in [9.17, 15) is 18.4 Å². The predicted octanol–water partition coefficient (Wildman–Crippen LogP) is 3.82. The van der Waals surface area contributed by atoms with Crippen molar-refractivity contribution < 1.29 is 18.4 Å². The number of halogens is 2. The summed E-state index contributed by atoms with van der Waals surface area (Å²) in [5.41, 5.74) is 2.22. The van der Waals surface area contributed by atoms with Crippen LogP contribution >= 0.6 is 0 Å². The average Bonchev–Trinajstić information content (AvgIpc) is 3.07. The molecule has 138 valence electrons. The molecule has 0 bridgehead atoms. The van der Waals surface area contributed by atoms with E-state index in [-0.39, 0.29) is 24.1 Å². The summed E-state index contributed by atoms with van der Waals surface area (Å²) >= 11 is 0. The van der Waals surface area contributed by atoms with Gasteiger partial charge in [-0.15, -0.1) is 0 Å². The molecule has 1 unspecified atom stereocenters. The number of fused-ring (bicyclic) bond motifs is 2. The quantitative estimate of drug-likeness (QED) is 0.894. The molecule has 1 aliphatic carbocycles. The van der Waals surface area contributed by atoms with Crippen LogP contribution in [0.3, 0.4) is 0 Å². The van der Waals surface area contributed by atoms with Crippen molar-refractivity contribution >= 4 is 34.6 Å². The average molecular weight is 369 g/mol. The van der Waals surface area contributed by atoms with Crippen LogP contribution in [0.4, 0.5) is 25.8 Å². The molecule has 0 radical (unpaired) electrons. The molecule has 2 aromatic carbocycles. The van der Waals surface area contributed by atoms with Crippen LogP contribution in [0, 0.1) is 17.6 Å². The van der Waals surface area contributed by atoms with Crippen molar-refractivity contribution in [2.24, 2.45) is 10.9 Å². The van der Waals surface area contributed by atoms with E-state index >= 15 is 0 Å². The number of hydrogen-bond donors (Lipinski definition) is 1. The van der Waals surface area contributed by atoms with Crippen molar-refractivity contribution in [1.29, 1.82) is 0 Å². The predicted molar refractivity (Wildman–Crippen MR) is 98.2 cm³/mol. The van der Waals surface area contributed by atoms with Gasteiger partial charge in [0.1, 0.15) is 6.54 Å². The van der Waals surface area contributed by atoms with E-state index in [4.69, 9.17) is 0 Å². The van der Waals surface area contributed by atoms with Gasteiger partial charge in [-0.1, -0.05) is 12.1 Å². The van der Waals surface area contributed by atoms with Crippen molar-refractivity contribution in [3.05, 3.63) is 54.1 Å². The van der Waals surface area contributed by atoms with Gasteiger partial charge in [0.15, 0.2) is 11.6 Å². The lowest BCUT2D eigenvalue weighted by Gasteiger charge is -2.24. The van der Waals surface area contributed by atoms with Crippen molar-refractivity contribution in [1.82, 2.24) is 0 Å². The number of aliphatic imine (C=N–C) groups is 1. The number of benzene rings is 2. The summed E-state index contributed by atoms with van der Waals surface area (Å²) in [6.07, 6.45) is 2.39. The fourth-order valence-electron chi connectivity index (χ4n) is 3.56. The topological polar surface area (TPSA) is 61.8 Å². The van der Waals surface area contributed by atoms with E-state index in [1.165, 1.54) is 11.0 Å². The third-order valence-corrected chi connectivity index (χ3v) is 4.83. The standard InChI is InChI=1S/C20H17F2N3O2/c21-14-9-8-12(10-15(14)22)23-19(26)11-25-18-7-2-1-5-17(18)24-16-6-3-4-13(16)20(25)27/h1-2,5,7-10,13H,3-4,6,11H2,(H,23,26). The SMILES string of the molecule is O=C(CN1C(=O)C2CCCC2=Nc2ccccc21)Nc1ccc(F)c(F)c1. The Morgan fingerprint density at radius 1 is 1.19 bits per heavy atom. The van der Waals surface area contributed by atoms with Gasteiger partial charge in [-0.2, -0.15) is 0 Å². The van der Waals surface area contributed by atoms with Crippen LogP contribution < -0.4 is 10.2 Å². The molecule has 5 nitrogen and oxygen atoms in total. The Morgan fingerprint density at radius 2 is 2.00 bits per heavy atom. The molecular weight excluding hydrogens is 352 g/mol. The van der Waals surface area contributed by atoms with E-state index in [2.05, 4.69) is 10.3 Å². The number of hydrogen-bond acceptors (Lipinski definition) is 3. The maximum absolute atomic E-state index is 13.3. The Bertz CT molecular complexity index is 958. The first-order valence-corrected chi connectivity index (χ1v) is 8.75. The zero-order valence-electron chi connectivity index (χ0n) is 14.4. The number of carbonyl (C=O) groups excluding carboxylic acids is 2. The van der Waals surface area contributed by atoms with Gasteiger partial charge in [-0.05, 0) is 43.5 Å². The molecule has 2 amide bonds. The molecule has 1 N–H and O–H groups in total. The number of para-hydroxylation sites is 2. The Morgan fingerprint density at radius 3 is 2.81 bits per heavy atom. The maximum atomic E-state index is 13.3. The third kappa shape index (κ3) is 3.32. The van der Waals surface area contributed by atoms with Gasteiger partial charge in [-0.25, -0.2) is 8.78 Å². The number of carbonyl (C=O) groups is 2. The Kier molecular flexibility index (Phi) is 4.43. The molecule has 7 heteroatoms. The smallest absolute Gasteiger partial charge is 0.244 e. The van der Waals surface area contributed by atoms with Crippen LogP contribution in [0.2, 0.25) is 0 Å². The second kappa shape index (κ2) is 6.90. The highest BCUT2D eigenvalue weighted by atomic mass is 19.2. The zero-order chi connectivity index (χ0) is 19.0. The summed E-state index contributed by atoms with van der Waals surface area (Å²) in [5.74, 6) is -3.00. The highest BCUT2D eigenvalue weighted by Crippen LogP contribution is 2.37. The van der Waals surface area contributed by atoms with Crippen LogP contribution in [0.5, 0.6) is 0 Å². The minimum Gasteiger partial charge on any atom is -0.324 e. The second-order valence-electron chi connectivity index (χ2n) is 6.64. The molecule has 2 aromatic rings. The van der Waals surface area contributed by atoms with Gasteiger partial charge in [-0.3, -0.25) is 14.6 Å². The molecule has 1 heterocycles. The molecule has 1 saturated carbocycles. The summed E-state index contributed by atoms with van der Waals surface area (Å²) in [5, 5.41) is 2.51. The summed E-state index contributed by atoms with van der Waals surface area (Å²) in [6, 6.07) is 10.3. The first-order chi connectivity index (χ1) is 13.0. The number of amides is 2. The first-order valence-electron chi connectivity index (χ1n) is 8.75. The van der Waals surface area contributed by atoms with Crippen LogP contribution in [0.15, 0.2) is 47.5 Å². The van der Waals surface area contributed by atoms with Crippen molar-refractivity contribution in [3.8, 4) is 0 Å². The largest absolute Gasteiger partial charge is 0.324 e. The Balaban J connectivity index is 1.59. The van der Waals surface area contributed by atoms with Gasteiger partial charge >= 0.3 is 0 Å². The minimum absolute atomic E-state index is 0.132. The molecular formula is C20H17F2N3O2. The van der Waals surface area contributed by atoms with Crippen molar-refractivity contribution in [2.75, 3.05) is 16.8 Å². The van der Waals surface area contributed by atoms with Gasteiger partial charge in [0.2, 0.25) is 11.8 Å². The summed E-state index contributed by atoms with van der Waals surface area (Å²) < 4.78 is 26.4. The minimum atomic E-state index is -1.05. The van der Waals surface area contributed by atoms with Gasteiger partial charge in [0.05, 0.1) is 17.3 Å². The molecule has 4 rings (SSSR count). The van der Waals surface area contributed by atoms with Crippen LogP contribution in [0.25, 0.3) is 0 Å². The van der Waals surface area contributed by atoms with Crippen LogP contribution in [0.1, 0.15) is 19.3 Å². The van der Waals surface area contributed by atoms with Crippen molar-refractivity contribution in [3.63, 3.8) is 0 Å². The van der Waals surface area contributed by atoms with Gasteiger partial charge in [0, 0.05) is 17.5 Å². The van der Waals surface area contributed by atoms with E-state index < -0.39 is 17.5 Å². The lowest BCUT2D eigenvalue weighted by atomic mass is 10.1. The maximum Gasteiger partial charge on any atom is 0.244 e. The number of nitrogens with zero attached hydrogens (tertiary/aromatic N) is 2. The summed E-state index contributed by atoms with van der Waals surface area (Å²) in [4.78, 5) is 31.6. The highest BCUT2D eigenvalue weighted by Gasteiger charge is 2.37. The lowest BCUT2D eigenvalue weighted by molar-refractivity contribution is -0.122. The number of rotatable bonds is 3. The van der Waals surface area contributed by atoms with E-state index in [1.54, 1.807) is 12.1 Å². The highest BCUT2D eigenvalue weighted by molar-refractivity contribution is 6.16. The normalized spacial score (nSPS) is 18.4. The molecule has 27 heavy (non-hydrogen) atoms. The van der Waals surface area contributed by atoms with Crippen LogP contribution in [-0.4, -0.2) is 24.1 Å². The second-order valence-corrected chi connectivity index (χ2v) is 6.64. The Hall–Kier alpha value is -3.09. The van der Waals surface area contributed by atoms with Gasteiger partial charge < -0.3 is 10.2 Å². The molecule has 2 aliphatic rings. The molecule has 0 spiro atoms. The summed E-state index contributed by atoms with van der Waals surface area (Å²) in [6.45, 7) is -0.228. The fraction of sp³-hybridized carbons (Fsp3) is 0.250. The molecule has 0 saturated heterocycles. The summed E-state index contributed by atoms with van der Waals surface area (Å²) in [7, 11) is 0. The van der Waals surface area contributed by atoms with E-state index in [0.29, 0.717) is 17.8 Å². The third-order valence-electron chi connectivity index (χ3n) is 4.83. The Labute approximate surface area is 154 Å². The molecule has 1 aliphatic heterocycles. The fourth-order valence-corrected chi connectivity index (χ4v) is 3.56. The van der Waals surface area contributed by atoms with E-state index in [1.807, 2.05) is 12.1 Å². The van der Waals surface area contributed by atoms with Crippen LogP contribution in [-0.2, 0) is 9.59 Å². The van der Waals surface area contributed by atoms with Gasteiger partial charge in [0.25, 0.3) is 0 Å². The number of anilines is 2. The molecule has 1 fully saturated rings. The van der Waals surface area contributed by atoms with E-state index in [0.717, 1.165) is 30.7 Å². The monoisotopic (exact) mass is 369 g/mol. The van der Waals surface area contributed by atoms with Crippen molar-refractivity contribution in [2.45, 2.75) is 19.3 Å².